The molecular weight excluding hydrogens is 506 g/mol. The average molecular weight is 534 g/mol. The van der Waals surface area contributed by atoms with E-state index in [4.69, 9.17) is 14.0 Å². The molecule has 1 aromatic heterocycles. The largest absolute Gasteiger partial charge is 0.497 e. The summed E-state index contributed by atoms with van der Waals surface area (Å²) >= 11 is 0. The smallest absolute Gasteiger partial charge is 0.232 e. The predicted octanol–water partition coefficient (Wildman–Crippen LogP) is 6.44. The monoisotopic (exact) mass is 533 g/mol. The highest BCUT2D eigenvalue weighted by atomic mass is 16.5. The highest BCUT2D eigenvalue weighted by Gasteiger charge is 2.22. The summed E-state index contributed by atoms with van der Waals surface area (Å²) in [7, 11) is 3.23. The van der Waals surface area contributed by atoms with E-state index in [-0.39, 0.29) is 12.3 Å². The molecule has 0 bridgehead atoms. The van der Waals surface area contributed by atoms with Crippen molar-refractivity contribution in [3.05, 3.63) is 103 Å². The van der Waals surface area contributed by atoms with E-state index in [1.165, 1.54) is 0 Å². The number of nitrogens with one attached hydrogen (secondary N) is 2. The molecule has 5 rings (SSSR count). The van der Waals surface area contributed by atoms with Gasteiger partial charge in [-0.3, -0.25) is 9.59 Å². The van der Waals surface area contributed by atoms with Gasteiger partial charge in [0, 0.05) is 16.9 Å². The first-order valence-electron chi connectivity index (χ1n) is 12.6. The van der Waals surface area contributed by atoms with Crippen molar-refractivity contribution in [3.63, 3.8) is 0 Å². The SMILES string of the molecule is COc1ccc(-c2noc(CC(=O)Nc3ccc(-c4ccc(NC=O)cc4)cc3)c2-c2ccc(OC)cc2)cc1. The molecule has 0 radical (unpaired) electrons. The number of anilines is 2. The van der Waals surface area contributed by atoms with E-state index >= 15 is 0 Å². The maximum atomic E-state index is 13.1. The van der Waals surface area contributed by atoms with Crippen LogP contribution in [0.5, 0.6) is 11.5 Å². The van der Waals surface area contributed by atoms with E-state index < -0.39 is 0 Å². The minimum absolute atomic E-state index is 0.00252. The van der Waals surface area contributed by atoms with Crippen molar-refractivity contribution in [2.45, 2.75) is 6.42 Å². The molecule has 0 unspecified atom stereocenters. The molecule has 0 fully saturated rings. The van der Waals surface area contributed by atoms with Crippen molar-refractivity contribution < 1.29 is 23.6 Å². The molecule has 0 atom stereocenters. The standard InChI is InChI=1S/C32H27N3O5/c1-38-27-15-7-23(8-16-27)31-29(40-35-32(31)24-9-17-28(39-2)18-10-24)19-30(37)34-26-13-5-22(6-14-26)21-3-11-25(12-4-21)33-20-36/h3-18,20H,19H2,1-2H3,(H,33,36)(H,34,37). The number of carbonyl (C=O) groups excluding carboxylic acids is 2. The number of methoxy groups -OCH3 is 2. The molecule has 0 saturated heterocycles. The molecule has 2 N–H and O–H groups in total. The molecule has 0 aliphatic heterocycles. The van der Waals surface area contributed by atoms with Gasteiger partial charge in [-0.05, 0) is 77.4 Å². The highest BCUT2D eigenvalue weighted by Crippen LogP contribution is 2.36. The van der Waals surface area contributed by atoms with E-state index in [2.05, 4.69) is 15.8 Å². The molecule has 4 aromatic carbocycles. The van der Waals surface area contributed by atoms with Crippen molar-refractivity contribution in [2.75, 3.05) is 24.9 Å². The van der Waals surface area contributed by atoms with Crippen LogP contribution in [-0.2, 0) is 16.0 Å². The van der Waals surface area contributed by atoms with Crippen LogP contribution in [0.3, 0.4) is 0 Å². The lowest BCUT2D eigenvalue weighted by molar-refractivity contribution is -0.115. The summed E-state index contributed by atoms with van der Waals surface area (Å²) in [6, 6.07) is 30.1. The van der Waals surface area contributed by atoms with Crippen molar-refractivity contribution in [3.8, 4) is 45.0 Å². The summed E-state index contributed by atoms with van der Waals surface area (Å²) in [5, 5.41) is 9.90. The van der Waals surface area contributed by atoms with Gasteiger partial charge in [-0.15, -0.1) is 0 Å². The van der Waals surface area contributed by atoms with Crippen LogP contribution in [0.4, 0.5) is 11.4 Å². The number of benzene rings is 4. The maximum absolute atomic E-state index is 13.1. The van der Waals surface area contributed by atoms with Crippen molar-refractivity contribution in [2.24, 2.45) is 0 Å². The Kier molecular flexibility index (Phi) is 7.87. The second-order valence-corrected chi connectivity index (χ2v) is 8.93. The molecule has 2 amide bonds. The summed E-state index contributed by atoms with van der Waals surface area (Å²) in [6.45, 7) is 0. The zero-order chi connectivity index (χ0) is 27.9. The fourth-order valence-electron chi connectivity index (χ4n) is 4.37. The van der Waals surface area contributed by atoms with Crippen molar-refractivity contribution >= 4 is 23.7 Å². The van der Waals surface area contributed by atoms with Crippen LogP contribution in [-0.4, -0.2) is 31.7 Å². The minimum atomic E-state index is -0.232. The fraction of sp³-hybridized carbons (Fsp3) is 0.0938. The fourth-order valence-corrected chi connectivity index (χ4v) is 4.37. The number of aromatic nitrogens is 1. The molecule has 0 aliphatic carbocycles. The van der Waals surface area contributed by atoms with Crippen LogP contribution >= 0.6 is 0 Å². The van der Waals surface area contributed by atoms with E-state index in [9.17, 15) is 9.59 Å². The average Bonchev–Trinajstić information content (AvgIpc) is 3.41. The Morgan fingerprint density at radius 2 is 1.23 bits per heavy atom. The number of hydrogen-bond acceptors (Lipinski definition) is 6. The third kappa shape index (κ3) is 5.86. The predicted molar refractivity (Wildman–Crippen MR) is 154 cm³/mol. The van der Waals surface area contributed by atoms with E-state index in [0.717, 1.165) is 45.0 Å². The Hall–Kier alpha value is -5.37. The molecule has 200 valence electrons. The summed E-state index contributed by atoms with van der Waals surface area (Å²) in [5.74, 6) is 1.68. The lowest BCUT2D eigenvalue weighted by atomic mass is 9.97. The molecule has 1 heterocycles. The van der Waals surface area contributed by atoms with E-state index in [0.29, 0.717) is 23.6 Å². The summed E-state index contributed by atoms with van der Waals surface area (Å²) in [6.07, 6.45) is 0.641. The van der Waals surface area contributed by atoms with Gasteiger partial charge >= 0.3 is 0 Å². The van der Waals surface area contributed by atoms with Crippen molar-refractivity contribution in [1.29, 1.82) is 0 Å². The summed E-state index contributed by atoms with van der Waals surface area (Å²) in [4.78, 5) is 23.7. The maximum Gasteiger partial charge on any atom is 0.232 e. The number of hydrogen-bond donors (Lipinski definition) is 2. The lowest BCUT2D eigenvalue weighted by Crippen LogP contribution is -2.14. The summed E-state index contributed by atoms with van der Waals surface area (Å²) < 4.78 is 16.3. The molecular formula is C32H27N3O5. The Labute approximate surface area is 231 Å². The van der Waals surface area contributed by atoms with Crippen LogP contribution in [0.15, 0.2) is 102 Å². The van der Waals surface area contributed by atoms with Crippen LogP contribution < -0.4 is 20.1 Å². The lowest BCUT2D eigenvalue weighted by Gasteiger charge is -2.09. The third-order valence-corrected chi connectivity index (χ3v) is 6.44. The van der Waals surface area contributed by atoms with Crippen LogP contribution in [0.25, 0.3) is 33.5 Å². The zero-order valence-electron chi connectivity index (χ0n) is 22.0. The first-order valence-corrected chi connectivity index (χ1v) is 12.6. The van der Waals surface area contributed by atoms with Gasteiger partial charge in [0.05, 0.1) is 26.2 Å². The molecule has 0 aliphatic rings. The second-order valence-electron chi connectivity index (χ2n) is 8.93. The molecule has 5 aromatic rings. The third-order valence-electron chi connectivity index (χ3n) is 6.44. The van der Waals surface area contributed by atoms with Gasteiger partial charge in [0.15, 0.2) is 5.76 Å². The van der Waals surface area contributed by atoms with Crippen molar-refractivity contribution in [1.82, 2.24) is 5.16 Å². The van der Waals surface area contributed by atoms with E-state index in [1.54, 1.807) is 14.2 Å². The number of ether oxygens (including phenoxy) is 2. The van der Waals surface area contributed by atoms with Gasteiger partial charge in [-0.1, -0.05) is 41.6 Å². The number of amides is 2. The normalized spacial score (nSPS) is 10.6. The molecule has 8 nitrogen and oxygen atoms in total. The first-order chi connectivity index (χ1) is 19.6. The number of carbonyl (C=O) groups is 2. The van der Waals surface area contributed by atoms with Gasteiger partial charge < -0.3 is 24.6 Å². The Morgan fingerprint density at radius 1 is 0.725 bits per heavy atom. The molecule has 0 spiro atoms. The van der Waals surface area contributed by atoms with Gasteiger partial charge in [-0.25, -0.2) is 0 Å². The molecule has 40 heavy (non-hydrogen) atoms. The van der Waals surface area contributed by atoms with Gasteiger partial charge in [0.25, 0.3) is 0 Å². The van der Waals surface area contributed by atoms with Crippen LogP contribution in [0.1, 0.15) is 5.76 Å². The van der Waals surface area contributed by atoms with Crippen LogP contribution in [0, 0.1) is 0 Å². The van der Waals surface area contributed by atoms with E-state index in [1.807, 2.05) is 97.1 Å². The molecule has 8 heteroatoms. The van der Waals surface area contributed by atoms with Crippen LogP contribution in [0.2, 0.25) is 0 Å². The Balaban J connectivity index is 1.36. The van der Waals surface area contributed by atoms with Gasteiger partial charge in [0.1, 0.15) is 17.2 Å². The minimum Gasteiger partial charge on any atom is -0.497 e. The second kappa shape index (κ2) is 12.0. The molecule has 0 saturated carbocycles. The van der Waals surface area contributed by atoms with Gasteiger partial charge in [-0.2, -0.15) is 0 Å². The summed E-state index contributed by atoms with van der Waals surface area (Å²) in [5.41, 5.74) is 6.43. The Bertz CT molecular complexity index is 1590. The number of rotatable bonds is 10. The first kappa shape index (κ1) is 26.2. The quantitative estimate of drug-likeness (QED) is 0.200. The highest BCUT2D eigenvalue weighted by molar-refractivity contribution is 5.94. The zero-order valence-corrected chi connectivity index (χ0v) is 22.0. The topological polar surface area (TPSA) is 103 Å². The van der Waals surface area contributed by atoms with Gasteiger partial charge in [0.2, 0.25) is 12.3 Å². The Morgan fingerprint density at radius 3 is 1.75 bits per heavy atom. The number of nitrogens with zero attached hydrogens (tertiary/aromatic N) is 1.